The fraction of sp³-hybridized carbons (Fsp3) is 0.727. The molecule has 0 saturated heterocycles. The zero-order chi connectivity index (χ0) is 42.9. The molecule has 0 spiro atoms. The minimum Gasteiger partial charge on any atom is -0.462 e. The van der Waals surface area contributed by atoms with Crippen LogP contribution in [0, 0.1) is 0 Å². The summed E-state index contributed by atoms with van der Waals surface area (Å²) in [5.74, 6) is -1.16. The number of allylic oxidation sites excluding steroid dienone is 10. The predicted molar refractivity (Wildman–Crippen MR) is 226 cm³/mol. The van der Waals surface area contributed by atoms with Gasteiger partial charge in [-0.1, -0.05) is 120 Å². The van der Waals surface area contributed by atoms with Crippen molar-refractivity contribution in [3.05, 3.63) is 60.8 Å². The van der Waals surface area contributed by atoms with E-state index in [0.717, 1.165) is 70.6 Å². The molecule has 1 saturated carbocycles. The minimum absolute atomic E-state index is 0.0403. The van der Waals surface area contributed by atoms with Crippen LogP contribution in [-0.2, 0) is 32.7 Å². The van der Waals surface area contributed by atoms with E-state index in [0.29, 0.717) is 19.3 Å². The summed E-state index contributed by atoms with van der Waals surface area (Å²) in [6.45, 7) is 3.11. The Kier molecular flexibility index (Phi) is 31.7. The SMILES string of the molecule is CC/C=C/C/C=C/C/C=C/C/C=C/CCCCC(=O)O[C@@H](COC(=O)CCCCCCC/C=C/CCCCCCC)COP(=O)(O)OC1C(O)C(O)C(O)[C@H](O)C1O. The Balaban J connectivity index is 2.54. The normalized spacial score (nSPS) is 23.1. The van der Waals surface area contributed by atoms with Gasteiger partial charge in [0.15, 0.2) is 6.10 Å². The maximum Gasteiger partial charge on any atom is 0.472 e. The zero-order valence-electron chi connectivity index (χ0n) is 35.1. The molecule has 0 aromatic heterocycles. The monoisotopic (exact) mass is 842 g/mol. The van der Waals surface area contributed by atoms with E-state index in [4.69, 9.17) is 18.5 Å². The Morgan fingerprint density at radius 1 is 0.552 bits per heavy atom. The van der Waals surface area contributed by atoms with Crippen LogP contribution >= 0.6 is 7.82 Å². The van der Waals surface area contributed by atoms with Gasteiger partial charge in [0.2, 0.25) is 0 Å². The molecule has 8 atom stereocenters. The highest BCUT2D eigenvalue weighted by Crippen LogP contribution is 2.47. The molecular weight excluding hydrogens is 767 g/mol. The molecule has 334 valence electrons. The first-order valence-corrected chi connectivity index (χ1v) is 23.1. The Bertz CT molecular complexity index is 1250. The number of hydrogen-bond donors (Lipinski definition) is 6. The number of esters is 2. The maximum atomic E-state index is 12.8. The van der Waals surface area contributed by atoms with E-state index < -0.39 is 75.7 Å². The molecule has 0 heterocycles. The first-order valence-electron chi connectivity index (χ1n) is 21.6. The van der Waals surface area contributed by atoms with Gasteiger partial charge in [-0.25, -0.2) is 4.57 Å². The largest absolute Gasteiger partial charge is 0.472 e. The molecule has 0 aliphatic heterocycles. The number of hydrogen-bond acceptors (Lipinski definition) is 12. The molecule has 1 rings (SSSR count). The Morgan fingerprint density at radius 3 is 1.55 bits per heavy atom. The number of phosphoric ester groups is 1. The van der Waals surface area contributed by atoms with Crippen LogP contribution in [0.1, 0.15) is 149 Å². The van der Waals surface area contributed by atoms with E-state index in [1.807, 2.05) is 6.08 Å². The number of carbonyl (C=O) groups excluding carboxylic acids is 2. The van der Waals surface area contributed by atoms with Crippen LogP contribution in [0.3, 0.4) is 0 Å². The molecule has 0 radical (unpaired) electrons. The smallest absolute Gasteiger partial charge is 0.462 e. The van der Waals surface area contributed by atoms with Crippen molar-refractivity contribution in [1.29, 1.82) is 0 Å². The summed E-state index contributed by atoms with van der Waals surface area (Å²) in [7, 11) is -5.13. The standard InChI is InChI=1S/C44H75O13P/c1-3-5-7-9-11-13-15-17-19-21-23-25-27-29-31-33-38(46)56-36(35-55-58(52,53)57-44-42(50)40(48)39(47)41(49)43(44)51)34-54-37(45)32-30-28-26-24-22-20-18-16-14-12-10-8-6-4-2/h5,7,11,13,16-19,23,25,36,39-44,47-51H,3-4,6,8-10,12,14-15,20-22,24,26-35H2,1-2H3,(H,52,53)/b7-5+,13-11+,18-16+,19-17+,25-23+/t36-,39?,40-,41?,42?,43?,44?/m0/s1. The van der Waals surface area contributed by atoms with Crippen LogP contribution in [0.4, 0.5) is 0 Å². The summed E-state index contributed by atoms with van der Waals surface area (Å²) in [5.41, 5.74) is 0. The molecule has 6 unspecified atom stereocenters. The summed E-state index contributed by atoms with van der Waals surface area (Å²) in [6, 6.07) is 0. The van der Waals surface area contributed by atoms with Crippen molar-refractivity contribution < 1.29 is 63.1 Å². The van der Waals surface area contributed by atoms with Gasteiger partial charge in [0, 0.05) is 12.8 Å². The van der Waals surface area contributed by atoms with Crippen molar-refractivity contribution in [3.63, 3.8) is 0 Å². The molecule has 13 nitrogen and oxygen atoms in total. The fourth-order valence-electron chi connectivity index (χ4n) is 6.09. The second-order valence-electron chi connectivity index (χ2n) is 14.8. The van der Waals surface area contributed by atoms with E-state index in [1.165, 1.54) is 32.1 Å². The average Bonchev–Trinajstić information content (AvgIpc) is 3.20. The number of ether oxygens (including phenoxy) is 2. The van der Waals surface area contributed by atoms with Gasteiger partial charge in [0.05, 0.1) is 6.61 Å². The molecular formula is C44H75O13P. The molecule has 1 aliphatic rings. The third-order valence-electron chi connectivity index (χ3n) is 9.59. The van der Waals surface area contributed by atoms with Crippen LogP contribution in [0.15, 0.2) is 60.8 Å². The topological polar surface area (TPSA) is 210 Å². The molecule has 6 N–H and O–H groups in total. The third-order valence-corrected chi connectivity index (χ3v) is 10.6. The second-order valence-corrected chi connectivity index (χ2v) is 16.2. The lowest BCUT2D eigenvalue weighted by Gasteiger charge is -2.41. The van der Waals surface area contributed by atoms with Gasteiger partial charge in [0.1, 0.15) is 43.2 Å². The van der Waals surface area contributed by atoms with Gasteiger partial charge < -0.3 is 39.9 Å². The summed E-state index contributed by atoms with van der Waals surface area (Å²) in [5, 5.41) is 50.0. The van der Waals surface area contributed by atoms with Crippen LogP contribution < -0.4 is 0 Å². The van der Waals surface area contributed by atoms with Crippen molar-refractivity contribution in [1.82, 2.24) is 0 Å². The maximum absolute atomic E-state index is 12.8. The van der Waals surface area contributed by atoms with Crippen molar-refractivity contribution in [2.24, 2.45) is 0 Å². The van der Waals surface area contributed by atoms with Crippen LogP contribution in [-0.4, -0.2) is 98.3 Å². The van der Waals surface area contributed by atoms with Crippen molar-refractivity contribution in [3.8, 4) is 0 Å². The second kappa shape index (κ2) is 34.3. The quantitative estimate of drug-likeness (QED) is 0.0159. The number of rotatable bonds is 34. The third kappa shape index (κ3) is 26.6. The number of phosphoric acid groups is 1. The molecule has 58 heavy (non-hydrogen) atoms. The summed E-state index contributed by atoms with van der Waals surface area (Å²) < 4.78 is 33.4. The van der Waals surface area contributed by atoms with E-state index >= 15 is 0 Å². The lowest BCUT2D eigenvalue weighted by molar-refractivity contribution is -0.220. The fourth-order valence-corrected chi connectivity index (χ4v) is 7.07. The van der Waals surface area contributed by atoms with Crippen molar-refractivity contribution >= 4 is 19.8 Å². The Hall–Kier alpha value is -2.45. The molecule has 0 aromatic rings. The highest BCUT2D eigenvalue weighted by molar-refractivity contribution is 7.47. The van der Waals surface area contributed by atoms with E-state index in [1.54, 1.807) is 0 Å². The predicted octanol–water partition coefficient (Wildman–Crippen LogP) is 7.77. The molecule has 14 heteroatoms. The van der Waals surface area contributed by atoms with Crippen molar-refractivity contribution in [2.45, 2.75) is 191 Å². The summed E-state index contributed by atoms with van der Waals surface area (Å²) in [6.07, 6.45) is 27.1. The van der Waals surface area contributed by atoms with E-state index in [-0.39, 0.29) is 12.8 Å². The first kappa shape index (κ1) is 53.6. The number of aliphatic hydroxyl groups excluding tert-OH is 5. The van der Waals surface area contributed by atoms with Crippen molar-refractivity contribution in [2.75, 3.05) is 13.2 Å². The molecule has 0 aromatic carbocycles. The minimum atomic E-state index is -5.13. The summed E-state index contributed by atoms with van der Waals surface area (Å²) in [4.78, 5) is 35.6. The van der Waals surface area contributed by atoms with Crippen LogP contribution in [0.5, 0.6) is 0 Å². The van der Waals surface area contributed by atoms with Gasteiger partial charge in [0.25, 0.3) is 0 Å². The molecule has 0 amide bonds. The lowest BCUT2D eigenvalue weighted by atomic mass is 9.85. The van der Waals surface area contributed by atoms with Gasteiger partial charge >= 0.3 is 19.8 Å². The van der Waals surface area contributed by atoms with Gasteiger partial charge in [-0.2, -0.15) is 0 Å². The number of unbranched alkanes of at least 4 members (excludes halogenated alkanes) is 12. The highest BCUT2D eigenvalue weighted by atomic mass is 31.2. The summed E-state index contributed by atoms with van der Waals surface area (Å²) >= 11 is 0. The Labute approximate surface area is 347 Å². The zero-order valence-corrected chi connectivity index (χ0v) is 36.0. The number of aliphatic hydroxyl groups is 5. The van der Waals surface area contributed by atoms with Gasteiger partial charge in [-0.15, -0.1) is 0 Å². The lowest BCUT2D eigenvalue weighted by Crippen LogP contribution is -2.64. The van der Waals surface area contributed by atoms with Gasteiger partial charge in [-0.05, 0) is 77.0 Å². The van der Waals surface area contributed by atoms with E-state index in [2.05, 4.69) is 68.5 Å². The van der Waals surface area contributed by atoms with Crippen LogP contribution in [0.25, 0.3) is 0 Å². The molecule has 1 fully saturated rings. The Morgan fingerprint density at radius 2 is 0.983 bits per heavy atom. The molecule has 1 aliphatic carbocycles. The average molecular weight is 843 g/mol. The first-order chi connectivity index (χ1) is 27.9. The molecule has 0 bridgehead atoms. The highest BCUT2D eigenvalue weighted by Gasteiger charge is 2.51. The van der Waals surface area contributed by atoms with Gasteiger partial charge in [-0.3, -0.25) is 18.6 Å². The number of carbonyl (C=O) groups is 2. The van der Waals surface area contributed by atoms with Crippen LogP contribution in [0.2, 0.25) is 0 Å². The van der Waals surface area contributed by atoms with E-state index in [9.17, 15) is 44.6 Å².